The molecule has 0 fully saturated rings. The van der Waals surface area contributed by atoms with Crippen LogP contribution in [-0.4, -0.2) is 29.8 Å². The Morgan fingerprint density at radius 1 is 1.23 bits per heavy atom. The van der Waals surface area contributed by atoms with Gasteiger partial charge in [-0.25, -0.2) is 18.8 Å². The summed E-state index contributed by atoms with van der Waals surface area (Å²) in [5.74, 6) is -0.912. The van der Waals surface area contributed by atoms with E-state index in [2.05, 4.69) is 25.9 Å². The summed E-state index contributed by atoms with van der Waals surface area (Å²) in [7, 11) is 1.94. The number of pyridine rings is 1. The van der Waals surface area contributed by atoms with Crippen molar-refractivity contribution in [2.75, 3.05) is 13.6 Å². The van der Waals surface area contributed by atoms with E-state index in [1.165, 1.54) is 12.1 Å². The van der Waals surface area contributed by atoms with Gasteiger partial charge in [-0.05, 0) is 60.0 Å². The van der Waals surface area contributed by atoms with Crippen molar-refractivity contribution in [1.29, 1.82) is 0 Å². The number of hydrogen-bond donors (Lipinski definition) is 0. The van der Waals surface area contributed by atoms with Crippen LogP contribution in [0.5, 0.6) is 5.88 Å². The minimum Gasteiger partial charge on any atom is -0.469 e. The molecule has 1 heterocycles. The van der Waals surface area contributed by atoms with Crippen LogP contribution in [0.1, 0.15) is 38.1 Å². The first-order valence-corrected chi connectivity index (χ1v) is 9.19. The fourth-order valence-corrected chi connectivity index (χ4v) is 2.64. The van der Waals surface area contributed by atoms with E-state index in [0.29, 0.717) is 22.3 Å². The topological polar surface area (TPSA) is 37.7 Å². The Kier molecular flexibility index (Phi) is 7.08. The zero-order valence-corrected chi connectivity index (χ0v) is 16.8. The van der Waals surface area contributed by atoms with E-state index in [4.69, 9.17) is 4.74 Å². The van der Waals surface area contributed by atoms with Gasteiger partial charge < -0.3 is 9.64 Å². The first-order chi connectivity index (χ1) is 12.3. The van der Waals surface area contributed by atoms with Crippen LogP contribution in [-0.2, 0) is 6.42 Å². The molecule has 0 N–H and O–H groups in total. The van der Waals surface area contributed by atoms with Gasteiger partial charge in [-0.3, -0.25) is 0 Å². The second-order valence-corrected chi connectivity index (χ2v) is 6.73. The maximum absolute atomic E-state index is 13.4. The summed E-state index contributed by atoms with van der Waals surface area (Å²) in [5.41, 5.74) is 1.93. The number of nitrogens with zero attached hydrogens (tertiary/aromatic N) is 3. The molecule has 0 aliphatic heterocycles. The van der Waals surface area contributed by atoms with E-state index in [0.717, 1.165) is 24.0 Å². The lowest BCUT2D eigenvalue weighted by atomic mass is 10.1. The van der Waals surface area contributed by atoms with Gasteiger partial charge >= 0.3 is 0 Å². The van der Waals surface area contributed by atoms with Gasteiger partial charge in [0.05, 0.1) is 22.2 Å². The van der Waals surface area contributed by atoms with E-state index in [-0.39, 0.29) is 0 Å². The molecule has 26 heavy (non-hydrogen) atoms. The second kappa shape index (κ2) is 9.07. The minimum absolute atomic E-state index is 0.363. The number of rotatable bonds is 7. The van der Waals surface area contributed by atoms with Gasteiger partial charge in [-0.1, -0.05) is 6.92 Å². The average molecular weight is 426 g/mol. The summed E-state index contributed by atoms with van der Waals surface area (Å²) in [5, 5.41) is 0. The van der Waals surface area contributed by atoms with E-state index < -0.39 is 17.7 Å². The fourth-order valence-electron chi connectivity index (χ4n) is 2.24. The lowest BCUT2D eigenvalue weighted by molar-refractivity contribution is 0.214. The molecule has 2 aromatic rings. The highest BCUT2D eigenvalue weighted by Gasteiger charge is 2.15. The Morgan fingerprint density at radius 2 is 1.88 bits per heavy atom. The van der Waals surface area contributed by atoms with Crippen molar-refractivity contribution in [3.63, 3.8) is 0 Å². The zero-order chi connectivity index (χ0) is 19.3. The molecule has 7 heteroatoms. The highest BCUT2D eigenvalue weighted by atomic mass is 79.9. The van der Waals surface area contributed by atoms with Crippen molar-refractivity contribution in [3.05, 3.63) is 51.6 Å². The summed E-state index contributed by atoms with van der Waals surface area (Å²) in [6, 6.07) is 5.17. The third kappa shape index (κ3) is 5.24. The molecular weight excluding hydrogens is 404 g/mol. The first kappa shape index (κ1) is 20.3. The third-order valence-corrected chi connectivity index (χ3v) is 4.44. The number of halogens is 3. The Hall–Kier alpha value is -2.02. The largest absolute Gasteiger partial charge is 0.469 e. The standard InChI is InChI=1S/C19H22BrF2N3O/c1-5-17-18(23-11-25(4)6-2)10-16(20)19(24-17)26-12(3)13-7-14(21)9-15(22)8-13/h7-12H,5-6H2,1-4H3/t12-/m1/s1. The third-order valence-electron chi connectivity index (χ3n) is 3.87. The molecule has 4 nitrogen and oxygen atoms in total. The van der Waals surface area contributed by atoms with Crippen LogP contribution >= 0.6 is 15.9 Å². The quantitative estimate of drug-likeness (QED) is 0.437. The molecule has 1 aromatic carbocycles. The molecule has 1 atom stereocenters. The summed E-state index contributed by atoms with van der Waals surface area (Å²) < 4.78 is 33.3. The molecule has 0 spiro atoms. The zero-order valence-electron chi connectivity index (χ0n) is 15.3. The lowest BCUT2D eigenvalue weighted by Gasteiger charge is -2.17. The maximum Gasteiger partial charge on any atom is 0.228 e. The number of aliphatic imine (C=N–C) groups is 1. The summed E-state index contributed by atoms with van der Waals surface area (Å²) in [6.07, 6.45) is 1.87. The van der Waals surface area contributed by atoms with Gasteiger partial charge in [0.2, 0.25) is 5.88 Å². The Balaban J connectivity index is 2.28. The van der Waals surface area contributed by atoms with Crippen molar-refractivity contribution < 1.29 is 13.5 Å². The van der Waals surface area contributed by atoms with Crippen molar-refractivity contribution in [2.24, 2.45) is 4.99 Å². The molecule has 0 aliphatic carbocycles. The first-order valence-electron chi connectivity index (χ1n) is 8.40. The van der Waals surface area contributed by atoms with Crippen molar-refractivity contribution >= 4 is 28.0 Å². The molecule has 2 rings (SSSR count). The molecule has 0 aliphatic rings. The monoisotopic (exact) mass is 425 g/mol. The SMILES string of the molecule is CCc1nc(O[C@H](C)c2cc(F)cc(F)c2)c(Br)cc1N=CN(C)CC. The van der Waals surface area contributed by atoms with Gasteiger partial charge in [0, 0.05) is 19.7 Å². The number of hydrogen-bond acceptors (Lipinski definition) is 3. The van der Waals surface area contributed by atoms with Crippen LogP contribution in [0.3, 0.4) is 0 Å². The van der Waals surface area contributed by atoms with Crippen molar-refractivity contribution in [2.45, 2.75) is 33.3 Å². The smallest absolute Gasteiger partial charge is 0.228 e. The molecule has 1 aromatic heterocycles. The summed E-state index contributed by atoms with van der Waals surface area (Å²) in [4.78, 5) is 10.9. The molecule has 0 saturated heterocycles. The lowest BCUT2D eigenvalue weighted by Crippen LogP contribution is -2.14. The van der Waals surface area contributed by atoms with Gasteiger partial charge in [0.25, 0.3) is 0 Å². The number of aryl methyl sites for hydroxylation is 1. The molecule has 0 saturated carbocycles. The number of aromatic nitrogens is 1. The van der Waals surface area contributed by atoms with Crippen LogP contribution in [0.15, 0.2) is 33.7 Å². The Labute approximate surface area is 161 Å². The van der Waals surface area contributed by atoms with Gasteiger partial charge in [0.1, 0.15) is 17.7 Å². The molecule has 0 bridgehead atoms. The van der Waals surface area contributed by atoms with Gasteiger partial charge in [-0.2, -0.15) is 0 Å². The van der Waals surface area contributed by atoms with E-state index >= 15 is 0 Å². The van der Waals surface area contributed by atoms with Crippen LogP contribution < -0.4 is 4.74 Å². The average Bonchev–Trinajstić information content (AvgIpc) is 2.60. The van der Waals surface area contributed by atoms with Crippen LogP contribution in [0.25, 0.3) is 0 Å². The van der Waals surface area contributed by atoms with Crippen LogP contribution in [0, 0.1) is 11.6 Å². The second-order valence-electron chi connectivity index (χ2n) is 5.88. The molecule has 140 valence electrons. The summed E-state index contributed by atoms with van der Waals surface area (Å²) >= 11 is 3.44. The Bertz CT molecular complexity index is 778. The normalized spacial score (nSPS) is 12.4. The van der Waals surface area contributed by atoms with Crippen LogP contribution in [0.2, 0.25) is 0 Å². The van der Waals surface area contributed by atoms with Crippen molar-refractivity contribution in [3.8, 4) is 5.88 Å². The van der Waals surface area contributed by atoms with Gasteiger partial charge in [0.15, 0.2) is 0 Å². The van der Waals surface area contributed by atoms with Gasteiger partial charge in [-0.15, -0.1) is 0 Å². The maximum atomic E-state index is 13.4. The predicted octanol–water partition coefficient (Wildman–Crippen LogP) is 5.44. The molecular formula is C19H22BrF2N3O. The highest BCUT2D eigenvalue weighted by molar-refractivity contribution is 9.10. The highest BCUT2D eigenvalue weighted by Crippen LogP contribution is 2.33. The predicted molar refractivity (Wildman–Crippen MR) is 103 cm³/mol. The van der Waals surface area contributed by atoms with E-state index in [1.807, 2.05) is 31.9 Å². The van der Waals surface area contributed by atoms with Crippen molar-refractivity contribution in [1.82, 2.24) is 9.88 Å². The summed E-state index contributed by atoms with van der Waals surface area (Å²) in [6.45, 7) is 6.58. The fraction of sp³-hybridized carbons (Fsp3) is 0.368. The molecule has 0 radical (unpaired) electrons. The molecule has 0 amide bonds. The van der Waals surface area contributed by atoms with Crippen LogP contribution in [0.4, 0.5) is 14.5 Å². The number of ether oxygens (including phenoxy) is 1. The van der Waals surface area contributed by atoms with E-state index in [1.54, 1.807) is 13.3 Å². The number of benzene rings is 1. The minimum atomic E-state index is -0.638. The van der Waals surface area contributed by atoms with E-state index in [9.17, 15) is 8.78 Å². The Morgan fingerprint density at radius 3 is 2.46 bits per heavy atom. The molecule has 0 unspecified atom stereocenters.